The molecule has 7 aromatic carbocycles. The Balaban J connectivity index is 1.19. The predicted molar refractivity (Wildman–Crippen MR) is 229 cm³/mol. The molecular formula is C49H41BN4. The highest BCUT2D eigenvalue weighted by molar-refractivity contribution is 7.00. The van der Waals surface area contributed by atoms with Crippen LogP contribution in [0, 0.1) is 6.92 Å². The summed E-state index contributed by atoms with van der Waals surface area (Å²) in [6.45, 7) is 11.8. The minimum atomic E-state index is -0.350. The molecule has 0 spiro atoms. The summed E-state index contributed by atoms with van der Waals surface area (Å²) in [5.41, 5.74) is 19.8. The lowest BCUT2D eigenvalue weighted by molar-refractivity contribution is 0.541. The van der Waals surface area contributed by atoms with Gasteiger partial charge in [-0.1, -0.05) is 105 Å². The van der Waals surface area contributed by atoms with Gasteiger partial charge in [0.1, 0.15) is 5.66 Å². The topological polar surface area (TPSA) is 13.0 Å². The van der Waals surface area contributed by atoms with E-state index in [1.807, 2.05) is 0 Å². The maximum atomic E-state index is 2.62. The Morgan fingerprint density at radius 3 is 1.69 bits per heavy atom. The number of nitrogens with zero attached hydrogens (tertiary/aromatic N) is 4. The van der Waals surface area contributed by atoms with E-state index in [0.717, 1.165) is 11.4 Å². The van der Waals surface area contributed by atoms with E-state index in [-0.39, 0.29) is 17.8 Å². The maximum Gasteiger partial charge on any atom is 0.252 e. The van der Waals surface area contributed by atoms with Crippen molar-refractivity contribution in [2.24, 2.45) is 0 Å². The molecular weight excluding hydrogens is 655 g/mol. The molecule has 4 heterocycles. The molecule has 0 saturated carbocycles. The molecule has 0 fully saturated rings. The first-order valence-corrected chi connectivity index (χ1v) is 19.2. The number of aryl methyl sites for hydroxylation is 1. The Kier molecular flexibility index (Phi) is 6.34. The van der Waals surface area contributed by atoms with Crippen LogP contribution >= 0.6 is 0 Å². The van der Waals surface area contributed by atoms with Crippen molar-refractivity contribution < 1.29 is 0 Å². The van der Waals surface area contributed by atoms with Crippen molar-refractivity contribution in [1.82, 2.24) is 0 Å². The van der Waals surface area contributed by atoms with Crippen molar-refractivity contribution in [2.45, 2.75) is 45.7 Å². The van der Waals surface area contributed by atoms with Crippen LogP contribution in [0.2, 0.25) is 0 Å². The number of anilines is 10. The summed E-state index contributed by atoms with van der Waals surface area (Å²) in [7, 11) is 0. The van der Waals surface area contributed by atoms with Gasteiger partial charge in [-0.05, 0) is 121 Å². The number of rotatable bonds is 3. The number of fused-ring (bicyclic) bond motifs is 6. The minimum absolute atomic E-state index is 0.0668. The Bertz CT molecular complexity index is 2620. The molecule has 260 valence electrons. The van der Waals surface area contributed by atoms with E-state index >= 15 is 0 Å². The molecule has 5 heteroatoms. The van der Waals surface area contributed by atoms with Crippen LogP contribution in [-0.2, 0) is 5.41 Å². The highest BCUT2D eigenvalue weighted by Gasteiger charge is 2.53. The molecule has 11 rings (SSSR count). The molecule has 0 unspecified atom stereocenters. The van der Waals surface area contributed by atoms with Gasteiger partial charge >= 0.3 is 0 Å². The van der Waals surface area contributed by atoms with Crippen LogP contribution < -0.4 is 36.0 Å². The third kappa shape index (κ3) is 4.04. The van der Waals surface area contributed by atoms with Crippen LogP contribution in [0.4, 0.5) is 56.9 Å². The van der Waals surface area contributed by atoms with Crippen molar-refractivity contribution >= 4 is 80.0 Å². The van der Waals surface area contributed by atoms with Crippen LogP contribution in [-0.4, -0.2) is 12.4 Å². The first-order valence-electron chi connectivity index (χ1n) is 19.2. The second kappa shape index (κ2) is 10.9. The third-order valence-corrected chi connectivity index (χ3v) is 12.5. The standard InChI is InChI=1S/C49H41BN4/c1-32-29-44-46-45(30-32)54-47-39(23-16-26-42(47)53(49(54,4)5)34-19-10-7-11-20-34)50(46)38-28-27-35(31-43(38)51(44)33-17-8-6-9-18-33)52-40-24-14-12-21-36(40)48(2,3)37-22-13-15-25-41(37)52/h6-31H,1-5H3. The molecule has 0 amide bonds. The Morgan fingerprint density at radius 2 is 1.00 bits per heavy atom. The van der Waals surface area contributed by atoms with Gasteiger partial charge in [0, 0.05) is 39.5 Å². The quantitative estimate of drug-likeness (QED) is 0.171. The van der Waals surface area contributed by atoms with Gasteiger partial charge in [0.15, 0.2) is 0 Å². The largest absolute Gasteiger partial charge is 0.317 e. The lowest BCUT2D eigenvalue weighted by atomic mass is 9.33. The summed E-state index contributed by atoms with van der Waals surface area (Å²) in [6, 6.07) is 58.8. The second-order valence-electron chi connectivity index (χ2n) is 16.3. The van der Waals surface area contributed by atoms with E-state index < -0.39 is 0 Å². The molecule has 4 aliphatic rings. The summed E-state index contributed by atoms with van der Waals surface area (Å²) in [4.78, 5) is 10.2. The molecule has 54 heavy (non-hydrogen) atoms. The van der Waals surface area contributed by atoms with Gasteiger partial charge in [-0.15, -0.1) is 0 Å². The first kappa shape index (κ1) is 31.3. The van der Waals surface area contributed by atoms with Gasteiger partial charge in [-0.2, -0.15) is 0 Å². The Labute approximate surface area is 318 Å². The zero-order chi connectivity index (χ0) is 36.5. The van der Waals surface area contributed by atoms with Crippen LogP contribution in [0.3, 0.4) is 0 Å². The highest BCUT2D eigenvalue weighted by atomic mass is 15.5. The average molecular weight is 697 g/mol. The molecule has 4 nitrogen and oxygen atoms in total. The molecule has 0 bridgehead atoms. The van der Waals surface area contributed by atoms with Gasteiger partial charge < -0.3 is 19.6 Å². The van der Waals surface area contributed by atoms with Crippen molar-refractivity contribution in [3.63, 3.8) is 0 Å². The van der Waals surface area contributed by atoms with Crippen molar-refractivity contribution in [3.8, 4) is 0 Å². The molecule has 0 aliphatic carbocycles. The summed E-state index contributed by atoms with van der Waals surface area (Å²) in [5.74, 6) is 0. The van der Waals surface area contributed by atoms with Crippen molar-refractivity contribution in [1.29, 1.82) is 0 Å². The molecule has 0 saturated heterocycles. The summed E-state index contributed by atoms with van der Waals surface area (Å²) < 4.78 is 0. The fourth-order valence-corrected chi connectivity index (χ4v) is 10.3. The van der Waals surface area contributed by atoms with E-state index in [0.29, 0.717) is 0 Å². The molecule has 0 aromatic heterocycles. The molecule has 0 N–H and O–H groups in total. The summed E-state index contributed by atoms with van der Waals surface area (Å²) >= 11 is 0. The number of hydrogen-bond acceptors (Lipinski definition) is 4. The van der Waals surface area contributed by atoms with Crippen molar-refractivity contribution in [2.75, 3.05) is 19.6 Å². The Hall–Kier alpha value is -6.20. The molecule has 0 atom stereocenters. The number of benzene rings is 7. The zero-order valence-corrected chi connectivity index (χ0v) is 31.4. The normalized spacial score (nSPS) is 16.4. The highest BCUT2D eigenvalue weighted by Crippen LogP contribution is 2.56. The smallest absolute Gasteiger partial charge is 0.252 e. The third-order valence-electron chi connectivity index (χ3n) is 12.5. The van der Waals surface area contributed by atoms with Crippen LogP contribution in [0.25, 0.3) is 0 Å². The van der Waals surface area contributed by atoms with E-state index in [1.165, 1.54) is 78.6 Å². The fourth-order valence-electron chi connectivity index (χ4n) is 10.3. The average Bonchev–Trinajstić information content (AvgIpc) is 3.43. The number of para-hydroxylation sites is 5. The number of hydrogen-bond donors (Lipinski definition) is 0. The van der Waals surface area contributed by atoms with Crippen LogP contribution in [0.5, 0.6) is 0 Å². The Morgan fingerprint density at radius 1 is 0.426 bits per heavy atom. The molecule has 7 aromatic rings. The van der Waals surface area contributed by atoms with Gasteiger partial charge in [0.05, 0.1) is 22.7 Å². The summed E-state index contributed by atoms with van der Waals surface area (Å²) in [6.07, 6.45) is 0. The van der Waals surface area contributed by atoms with Gasteiger partial charge in [-0.3, -0.25) is 0 Å². The van der Waals surface area contributed by atoms with Gasteiger partial charge in [0.25, 0.3) is 6.71 Å². The van der Waals surface area contributed by atoms with Crippen molar-refractivity contribution in [3.05, 3.63) is 174 Å². The lowest BCUT2D eigenvalue weighted by Gasteiger charge is -2.47. The van der Waals surface area contributed by atoms with Gasteiger partial charge in [-0.25, -0.2) is 0 Å². The van der Waals surface area contributed by atoms with Crippen LogP contribution in [0.1, 0.15) is 44.4 Å². The minimum Gasteiger partial charge on any atom is -0.317 e. The molecule has 0 radical (unpaired) electrons. The SMILES string of the molecule is Cc1cc2c3c(c1)N1c4c(cccc4N(c4ccccc4)C1(C)C)B3c1ccc(N3c4ccccc4C(C)(C)c4ccccc43)cc1N2c1ccccc1. The lowest BCUT2D eigenvalue weighted by Crippen LogP contribution is -2.63. The molecule has 4 aliphatic heterocycles. The predicted octanol–water partition coefficient (Wildman–Crippen LogP) is 10.7. The van der Waals surface area contributed by atoms with E-state index in [2.05, 4.69) is 212 Å². The first-order chi connectivity index (χ1) is 26.2. The van der Waals surface area contributed by atoms with Crippen LogP contribution in [0.15, 0.2) is 158 Å². The second-order valence-corrected chi connectivity index (χ2v) is 16.3. The maximum absolute atomic E-state index is 2.62. The summed E-state index contributed by atoms with van der Waals surface area (Å²) in [5, 5.41) is 0. The van der Waals surface area contributed by atoms with E-state index in [4.69, 9.17) is 0 Å². The monoisotopic (exact) mass is 696 g/mol. The van der Waals surface area contributed by atoms with E-state index in [9.17, 15) is 0 Å². The zero-order valence-electron chi connectivity index (χ0n) is 31.4. The van der Waals surface area contributed by atoms with Gasteiger partial charge in [0.2, 0.25) is 0 Å². The van der Waals surface area contributed by atoms with E-state index in [1.54, 1.807) is 0 Å². The fraction of sp³-hybridized carbons (Fsp3) is 0.143.